The number of anilines is 1. The van der Waals surface area contributed by atoms with Crippen LogP contribution in [0.3, 0.4) is 0 Å². The van der Waals surface area contributed by atoms with E-state index in [-0.39, 0.29) is 88.9 Å². The molecule has 0 saturated heterocycles. The molecule has 2 aromatic heterocycles. The summed E-state index contributed by atoms with van der Waals surface area (Å²) in [5, 5.41) is 16.4. The topological polar surface area (TPSA) is 288 Å². The number of aryl methyl sites for hydroxylation is 1. The number of esters is 1. The number of halogens is 1. The number of aldehydes is 1. The minimum absolute atomic E-state index is 0.0459. The van der Waals surface area contributed by atoms with E-state index in [1.54, 1.807) is 47.9 Å². The summed E-state index contributed by atoms with van der Waals surface area (Å²) in [6.45, 7) is 11.7. The lowest BCUT2D eigenvalue weighted by Gasteiger charge is -2.24. The Kier molecular flexibility index (Phi) is 23.6. The normalized spacial score (nSPS) is 13.1. The van der Waals surface area contributed by atoms with Crippen molar-refractivity contribution in [2.75, 3.05) is 25.0 Å². The number of nitrogens with two attached hydrogens (primary N) is 1. The summed E-state index contributed by atoms with van der Waals surface area (Å²) in [4.78, 5) is 116. The Labute approximate surface area is 429 Å². The van der Waals surface area contributed by atoms with Crippen molar-refractivity contribution >= 4 is 64.6 Å². The molecule has 0 radical (unpaired) electrons. The van der Waals surface area contributed by atoms with Crippen LogP contribution in [0.4, 0.5) is 19.7 Å². The van der Waals surface area contributed by atoms with Crippen molar-refractivity contribution in [1.29, 1.82) is 0 Å². The third-order valence-corrected chi connectivity index (χ3v) is 11.9. The Morgan fingerprint density at radius 2 is 1.59 bits per heavy atom. The van der Waals surface area contributed by atoms with Gasteiger partial charge >= 0.3 is 18.1 Å². The number of fused-ring (bicyclic) bond motifs is 5. The van der Waals surface area contributed by atoms with Crippen molar-refractivity contribution in [3.05, 3.63) is 92.0 Å². The molecule has 4 heterocycles. The molecule has 2 unspecified atom stereocenters. The number of carbonyl (C=O) groups is 8. The highest BCUT2D eigenvalue weighted by Crippen LogP contribution is 2.39. The van der Waals surface area contributed by atoms with Crippen LogP contribution in [-0.4, -0.2) is 83.2 Å². The Bertz CT molecular complexity index is 2710. The van der Waals surface area contributed by atoms with Gasteiger partial charge in [-0.05, 0) is 85.5 Å². The SMILES string of the molecule is CC.CCC.CCC1C(=O)OCc2c1cc1n(c2=O)Cc2c-1nc1cc(F)c(C)cc1c2CNC(=O)OCc1ccc(NC(=O)C(CCCNC(N)=O)NC(=O)CNC(=O)CCCCCNC(=O)CCC=O)cc1. The van der Waals surface area contributed by atoms with Gasteiger partial charge in [-0.2, -0.15) is 0 Å². The molecule has 2 aliphatic rings. The summed E-state index contributed by atoms with van der Waals surface area (Å²) in [6.07, 6.45) is 4.27. The second kappa shape index (κ2) is 29.7. The van der Waals surface area contributed by atoms with Gasteiger partial charge in [0.25, 0.3) is 5.56 Å². The number of cyclic esters (lactones) is 1. The zero-order chi connectivity index (χ0) is 54.3. The average Bonchev–Trinajstić information content (AvgIpc) is 3.75. The van der Waals surface area contributed by atoms with Gasteiger partial charge in [0.1, 0.15) is 31.4 Å². The largest absolute Gasteiger partial charge is 0.460 e. The monoisotopic (exact) mass is 1030 g/mol. The molecule has 6 rings (SSSR count). The van der Waals surface area contributed by atoms with Gasteiger partial charge in [-0.25, -0.2) is 19.0 Å². The molecule has 400 valence electrons. The van der Waals surface area contributed by atoms with E-state index in [1.807, 2.05) is 20.8 Å². The zero-order valence-corrected chi connectivity index (χ0v) is 43.1. The maximum absolute atomic E-state index is 14.9. The molecular weight excluding hydrogens is 958 g/mol. The molecule has 0 fully saturated rings. The van der Waals surface area contributed by atoms with E-state index in [0.717, 1.165) is 0 Å². The lowest BCUT2D eigenvalue weighted by molar-refractivity contribution is -0.148. The van der Waals surface area contributed by atoms with Crippen LogP contribution in [0, 0.1) is 12.7 Å². The van der Waals surface area contributed by atoms with Crippen LogP contribution < -0.4 is 43.2 Å². The van der Waals surface area contributed by atoms with Gasteiger partial charge in [0.15, 0.2) is 0 Å². The van der Waals surface area contributed by atoms with Crippen molar-refractivity contribution in [2.24, 2.45) is 5.73 Å². The molecule has 2 aliphatic heterocycles. The molecule has 4 aromatic rings. The van der Waals surface area contributed by atoms with Crippen LogP contribution in [-0.2, 0) is 64.5 Å². The quantitative estimate of drug-likeness (QED) is 0.0228. The van der Waals surface area contributed by atoms with E-state index in [9.17, 15) is 47.5 Å². The summed E-state index contributed by atoms with van der Waals surface area (Å²) in [5.41, 5.74) is 9.68. The Morgan fingerprint density at radius 1 is 0.892 bits per heavy atom. The second-order valence-electron chi connectivity index (χ2n) is 17.5. The Balaban J connectivity index is 0.00000229. The molecular formula is C53H70FN9O11. The molecule has 20 nitrogen and oxygen atoms in total. The molecule has 0 saturated carbocycles. The fourth-order valence-corrected chi connectivity index (χ4v) is 8.18. The number of ether oxygens (including phenoxy) is 2. The van der Waals surface area contributed by atoms with Crippen LogP contribution in [0.5, 0.6) is 0 Å². The van der Waals surface area contributed by atoms with E-state index < -0.39 is 47.7 Å². The second-order valence-corrected chi connectivity index (χ2v) is 17.5. The van der Waals surface area contributed by atoms with Gasteiger partial charge in [0.2, 0.25) is 23.6 Å². The van der Waals surface area contributed by atoms with Crippen molar-refractivity contribution in [2.45, 2.75) is 144 Å². The summed E-state index contributed by atoms with van der Waals surface area (Å²) < 4.78 is 27.3. The lowest BCUT2D eigenvalue weighted by atomic mass is 9.90. The number of carbonyl (C=O) groups excluding carboxylic acids is 8. The molecule has 7 amide bonds. The van der Waals surface area contributed by atoms with Crippen molar-refractivity contribution in [3.8, 4) is 11.4 Å². The van der Waals surface area contributed by atoms with E-state index in [0.29, 0.717) is 99.9 Å². The number of urea groups is 1. The number of aromatic nitrogens is 2. The van der Waals surface area contributed by atoms with Gasteiger partial charge in [0, 0.05) is 61.6 Å². The third kappa shape index (κ3) is 16.7. The molecule has 2 atom stereocenters. The first-order chi connectivity index (χ1) is 35.6. The van der Waals surface area contributed by atoms with E-state index in [1.165, 1.54) is 12.5 Å². The average molecular weight is 1030 g/mol. The number of hydrogen-bond donors (Lipinski definition) is 7. The van der Waals surface area contributed by atoms with Crippen LogP contribution in [0.15, 0.2) is 47.3 Å². The van der Waals surface area contributed by atoms with E-state index >= 15 is 0 Å². The van der Waals surface area contributed by atoms with Crippen molar-refractivity contribution in [1.82, 2.24) is 36.1 Å². The van der Waals surface area contributed by atoms with Gasteiger partial charge < -0.3 is 56.5 Å². The molecule has 0 bridgehead atoms. The van der Waals surface area contributed by atoms with Crippen LogP contribution in [0.2, 0.25) is 0 Å². The fourth-order valence-electron chi connectivity index (χ4n) is 8.18. The summed E-state index contributed by atoms with van der Waals surface area (Å²) in [6, 6.07) is 9.39. The maximum Gasteiger partial charge on any atom is 0.407 e. The molecule has 0 spiro atoms. The third-order valence-electron chi connectivity index (χ3n) is 11.9. The molecule has 0 aliphatic carbocycles. The van der Waals surface area contributed by atoms with Crippen molar-refractivity contribution in [3.63, 3.8) is 0 Å². The number of nitrogens with zero attached hydrogens (tertiary/aromatic N) is 2. The predicted molar refractivity (Wildman–Crippen MR) is 276 cm³/mol. The first-order valence-electron chi connectivity index (χ1n) is 25.2. The van der Waals surface area contributed by atoms with Crippen LogP contribution in [0.25, 0.3) is 22.3 Å². The first-order valence-corrected chi connectivity index (χ1v) is 25.2. The minimum atomic E-state index is -1.05. The number of benzene rings is 2. The number of alkyl carbamates (subject to hydrolysis) is 1. The zero-order valence-electron chi connectivity index (χ0n) is 43.1. The smallest absolute Gasteiger partial charge is 0.407 e. The molecule has 74 heavy (non-hydrogen) atoms. The lowest BCUT2D eigenvalue weighted by Crippen LogP contribution is -2.47. The number of amides is 7. The van der Waals surface area contributed by atoms with Crippen LogP contribution in [0.1, 0.15) is 138 Å². The van der Waals surface area contributed by atoms with Crippen LogP contribution >= 0.6 is 0 Å². The molecule has 21 heteroatoms. The number of nitrogens with one attached hydrogen (secondary N) is 6. The summed E-state index contributed by atoms with van der Waals surface area (Å²) in [5.74, 6) is -3.24. The maximum atomic E-state index is 14.9. The summed E-state index contributed by atoms with van der Waals surface area (Å²) in [7, 11) is 0. The van der Waals surface area contributed by atoms with Gasteiger partial charge in [-0.1, -0.05) is 59.6 Å². The number of pyridine rings is 2. The number of primary amides is 1. The molecule has 2 aromatic carbocycles. The van der Waals surface area contributed by atoms with Crippen molar-refractivity contribution < 1.29 is 52.2 Å². The minimum Gasteiger partial charge on any atom is -0.460 e. The highest BCUT2D eigenvalue weighted by atomic mass is 19.1. The van der Waals surface area contributed by atoms with Gasteiger partial charge in [0.05, 0.1) is 41.5 Å². The number of unbranched alkanes of at least 4 members (excludes halogenated alkanes) is 2. The van der Waals surface area contributed by atoms with E-state index in [2.05, 4.69) is 45.7 Å². The number of rotatable bonds is 23. The Hall–Kier alpha value is -7.71. The highest BCUT2D eigenvalue weighted by molar-refractivity contribution is 5.98. The molecule has 8 N–H and O–H groups in total. The van der Waals surface area contributed by atoms with E-state index in [4.69, 9.17) is 20.2 Å². The fraction of sp³-hybridized carbons (Fsp3) is 0.472. The van der Waals surface area contributed by atoms with Gasteiger partial charge in [-0.3, -0.25) is 28.8 Å². The summed E-state index contributed by atoms with van der Waals surface area (Å²) >= 11 is 0. The number of hydrogen-bond acceptors (Lipinski definition) is 12. The predicted octanol–water partition coefficient (Wildman–Crippen LogP) is 5.94. The van der Waals surface area contributed by atoms with Gasteiger partial charge in [-0.15, -0.1) is 0 Å². The first kappa shape index (κ1) is 58.9. The Morgan fingerprint density at radius 3 is 2.28 bits per heavy atom. The standard InChI is InChI=1S/C48H56FN9O11.C3H8.C2H6/c1-3-30-31-20-39-43-34(24-58(39)45(64)35(31)26-68-46(30)65)33(32-19-27(2)36(49)21-38(32)57-43)22-54-48(67)69-25-28-12-14-29(15-13-28)55-44(63)37(9-7-17-52-47(50)66)56-42(62)23-53-41(61)10-5-4-6-16-51-40(60)11-8-18-59;1-3-2;1-2/h12-15,18-21,30,37H,3-11,16-17,22-26H2,1-2H3,(H,51,60)(H,53,61)(H,54,67)(H,55,63)(H,56,62)(H3,50,52,66);3H2,1-2H3;1-2H3. The highest BCUT2D eigenvalue weighted by Gasteiger charge is 2.35.